The van der Waals surface area contributed by atoms with Crippen LogP contribution in [0.4, 0.5) is 10.1 Å². The highest BCUT2D eigenvalue weighted by Gasteiger charge is 2.42. The highest BCUT2D eigenvalue weighted by Crippen LogP contribution is 2.49. The molecule has 0 bridgehead atoms. The van der Waals surface area contributed by atoms with Crippen LogP contribution in [0.3, 0.4) is 0 Å². The summed E-state index contributed by atoms with van der Waals surface area (Å²) in [6, 6.07) is 12.2. The number of hydrogen-bond acceptors (Lipinski definition) is 6. The number of Topliss-reactive ketones (excluding diaryl/α,β-unsaturated/α-hetero) is 1. The van der Waals surface area contributed by atoms with E-state index in [-0.39, 0.29) is 22.9 Å². The number of nitrogens with two attached hydrogens (primary N) is 1. The third-order valence-corrected chi connectivity index (χ3v) is 6.46. The lowest BCUT2D eigenvalue weighted by molar-refractivity contribution is -0.116. The molecule has 0 fully saturated rings. The number of ketones is 1. The molecule has 1 atom stereocenters. The number of nitrogens with zero attached hydrogens (tertiary/aromatic N) is 2. The van der Waals surface area contributed by atoms with Gasteiger partial charge in [-0.15, -0.1) is 0 Å². The molecule has 0 saturated heterocycles. The van der Waals surface area contributed by atoms with E-state index in [9.17, 15) is 10.1 Å². The number of carbonyl (C=O) groups is 1. The highest BCUT2D eigenvalue weighted by atomic mass is 79.9. The second kappa shape index (κ2) is 9.90. The predicted octanol–water partition coefficient (Wildman–Crippen LogP) is 5.69. The van der Waals surface area contributed by atoms with Crippen LogP contribution < -0.4 is 20.1 Å². The van der Waals surface area contributed by atoms with Crippen LogP contribution in [0.5, 0.6) is 11.5 Å². The zero-order valence-electron chi connectivity index (χ0n) is 19.0. The van der Waals surface area contributed by atoms with Crippen LogP contribution in [-0.2, 0) is 4.79 Å². The van der Waals surface area contributed by atoms with Crippen LogP contribution in [0.15, 0.2) is 63.5 Å². The van der Waals surface area contributed by atoms with Gasteiger partial charge < -0.3 is 15.2 Å². The second-order valence-electron chi connectivity index (χ2n) is 7.98. The minimum atomic E-state index is -0.732. The average Bonchev–Trinajstić information content (AvgIpc) is 2.81. The molecule has 34 heavy (non-hydrogen) atoms. The van der Waals surface area contributed by atoms with Gasteiger partial charge in [-0.2, -0.15) is 5.26 Å². The number of benzene rings is 2. The van der Waals surface area contributed by atoms with Gasteiger partial charge in [-0.1, -0.05) is 15.9 Å². The van der Waals surface area contributed by atoms with Crippen molar-refractivity contribution in [2.75, 3.05) is 18.1 Å². The van der Waals surface area contributed by atoms with Crippen LogP contribution in [0.2, 0.25) is 0 Å². The Morgan fingerprint density at radius 2 is 1.94 bits per heavy atom. The van der Waals surface area contributed by atoms with E-state index in [2.05, 4.69) is 22.0 Å². The standard InChI is InChI=1S/C26H25BrFN3O3/c1-3-33-16-9-11-23(34-4-2)17(13-16)24-18(14-29)26(30)31(20-10-8-15(27)12-19(20)28)21-6-5-7-22(32)25(21)24/h8-13,24H,3-7,30H2,1-2H3. The molecular formula is C26H25BrFN3O3. The second-order valence-corrected chi connectivity index (χ2v) is 8.89. The largest absolute Gasteiger partial charge is 0.494 e. The molecule has 0 aromatic heterocycles. The van der Waals surface area contributed by atoms with E-state index in [1.165, 1.54) is 11.0 Å². The summed E-state index contributed by atoms with van der Waals surface area (Å²) in [5.41, 5.74) is 8.63. The summed E-state index contributed by atoms with van der Waals surface area (Å²) >= 11 is 3.28. The Morgan fingerprint density at radius 1 is 1.18 bits per heavy atom. The Morgan fingerprint density at radius 3 is 2.62 bits per heavy atom. The van der Waals surface area contributed by atoms with Crippen molar-refractivity contribution in [1.29, 1.82) is 5.26 Å². The molecule has 2 aromatic rings. The quantitative estimate of drug-likeness (QED) is 0.521. The first-order valence-corrected chi connectivity index (χ1v) is 12.0. The molecule has 176 valence electrons. The van der Waals surface area contributed by atoms with E-state index in [4.69, 9.17) is 15.2 Å². The number of allylic oxidation sites excluding steroid dienone is 3. The number of nitriles is 1. The van der Waals surface area contributed by atoms with E-state index in [0.29, 0.717) is 65.3 Å². The van der Waals surface area contributed by atoms with E-state index in [0.717, 1.165) is 0 Å². The Bertz CT molecular complexity index is 1250. The molecule has 6 nitrogen and oxygen atoms in total. The number of halogens is 2. The third-order valence-electron chi connectivity index (χ3n) is 5.97. The lowest BCUT2D eigenvalue weighted by Gasteiger charge is -2.40. The van der Waals surface area contributed by atoms with Gasteiger partial charge in [0.2, 0.25) is 0 Å². The van der Waals surface area contributed by atoms with E-state index >= 15 is 4.39 Å². The lowest BCUT2D eigenvalue weighted by Crippen LogP contribution is -2.39. The molecule has 1 unspecified atom stereocenters. The van der Waals surface area contributed by atoms with E-state index in [1.807, 2.05) is 13.8 Å². The molecule has 0 spiro atoms. The summed E-state index contributed by atoms with van der Waals surface area (Å²) < 4.78 is 27.2. The van der Waals surface area contributed by atoms with Gasteiger partial charge in [-0.05, 0) is 63.1 Å². The van der Waals surface area contributed by atoms with Gasteiger partial charge in [0.25, 0.3) is 0 Å². The Balaban J connectivity index is 1.99. The molecule has 0 radical (unpaired) electrons. The van der Waals surface area contributed by atoms with Crippen molar-refractivity contribution in [3.8, 4) is 17.6 Å². The maximum atomic E-state index is 15.0. The van der Waals surface area contributed by atoms with Crippen molar-refractivity contribution in [3.05, 3.63) is 74.9 Å². The molecule has 4 rings (SSSR count). The van der Waals surface area contributed by atoms with Crippen molar-refractivity contribution in [3.63, 3.8) is 0 Å². The van der Waals surface area contributed by atoms with Crippen molar-refractivity contribution in [2.24, 2.45) is 5.73 Å². The molecule has 2 aliphatic rings. The molecule has 8 heteroatoms. The van der Waals surface area contributed by atoms with E-state index in [1.54, 1.807) is 30.3 Å². The van der Waals surface area contributed by atoms with Gasteiger partial charge in [-0.3, -0.25) is 9.69 Å². The molecule has 1 aliphatic heterocycles. The monoisotopic (exact) mass is 525 g/mol. The normalized spacial score (nSPS) is 18.0. The molecule has 2 aromatic carbocycles. The van der Waals surface area contributed by atoms with Crippen molar-refractivity contribution in [1.82, 2.24) is 0 Å². The van der Waals surface area contributed by atoms with Crippen molar-refractivity contribution < 1.29 is 18.7 Å². The molecular weight excluding hydrogens is 501 g/mol. The minimum absolute atomic E-state index is 0.0849. The Labute approximate surface area is 206 Å². The van der Waals surface area contributed by atoms with Crippen LogP contribution in [-0.4, -0.2) is 19.0 Å². The number of anilines is 1. The first kappa shape index (κ1) is 23.8. The van der Waals surface area contributed by atoms with Gasteiger partial charge in [-0.25, -0.2) is 4.39 Å². The predicted molar refractivity (Wildman–Crippen MR) is 131 cm³/mol. The zero-order valence-corrected chi connectivity index (χ0v) is 20.6. The fourth-order valence-corrected chi connectivity index (χ4v) is 4.96. The number of rotatable bonds is 6. The van der Waals surface area contributed by atoms with Crippen LogP contribution in [0.1, 0.15) is 44.6 Å². The van der Waals surface area contributed by atoms with Gasteiger partial charge >= 0.3 is 0 Å². The van der Waals surface area contributed by atoms with Gasteiger partial charge in [0.1, 0.15) is 23.1 Å². The lowest BCUT2D eigenvalue weighted by atomic mass is 9.75. The van der Waals surface area contributed by atoms with Crippen molar-refractivity contribution in [2.45, 2.75) is 39.0 Å². The SMILES string of the molecule is CCOc1ccc(OCC)c(C2C(C#N)=C(N)N(c3ccc(Br)cc3F)C3=C2C(=O)CCC3)c1. The summed E-state index contributed by atoms with van der Waals surface area (Å²) in [6.45, 7) is 4.62. The summed E-state index contributed by atoms with van der Waals surface area (Å²) in [5.74, 6) is -0.0749. The first-order chi connectivity index (χ1) is 16.4. The fraction of sp³-hybridized carbons (Fsp3) is 0.308. The minimum Gasteiger partial charge on any atom is -0.494 e. The summed E-state index contributed by atoms with van der Waals surface area (Å²) in [7, 11) is 0. The highest BCUT2D eigenvalue weighted by molar-refractivity contribution is 9.10. The molecule has 0 saturated carbocycles. The smallest absolute Gasteiger partial charge is 0.161 e. The zero-order chi connectivity index (χ0) is 24.4. The van der Waals surface area contributed by atoms with E-state index < -0.39 is 11.7 Å². The molecule has 1 aliphatic carbocycles. The topological polar surface area (TPSA) is 88.6 Å². The fourth-order valence-electron chi connectivity index (χ4n) is 4.63. The van der Waals surface area contributed by atoms with Crippen LogP contribution >= 0.6 is 15.9 Å². The van der Waals surface area contributed by atoms with Crippen LogP contribution in [0, 0.1) is 17.1 Å². The number of ether oxygens (including phenoxy) is 2. The first-order valence-electron chi connectivity index (χ1n) is 11.2. The third kappa shape index (κ3) is 4.16. The number of hydrogen-bond donors (Lipinski definition) is 1. The molecule has 1 heterocycles. The maximum absolute atomic E-state index is 15.0. The number of carbonyl (C=O) groups excluding carboxylic acids is 1. The Kier molecular flexibility index (Phi) is 6.94. The summed E-state index contributed by atoms with van der Waals surface area (Å²) in [5, 5.41) is 10.2. The maximum Gasteiger partial charge on any atom is 0.161 e. The summed E-state index contributed by atoms with van der Waals surface area (Å²) in [4.78, 5) is 14.9. The molecule has 2 N–H and O–H groups in total. The van der Waals surface area contributed by atoms with Gasteiger partial charge in [0, 0.05) is 27.7 Å². The Hall–Kier alpha value is -3.31. The van der Waals surface area contributed by atoms with Crippen molar-refractivity contribution >= 4 is 27.4 Å². The van der Waals surface area contributed by atoms with Crippen LogP contribution in [0.25, 0.3) is 0 Å². The van der Waals surface area contributed by atoms with Gasteiger partial charge in [0.15, 0.2) is 5.78 Å². The summed E-state index contributed by atoms with van der Waals surface area (Å²) in [6.07, 6.45) is 1.49. The molecule has 0 amide bonds. The van der Waals surface area contributed by atoms with Gasteiger partial charge in [0.05, 0.1) is 36.5 Å². The average molecular weight is 526 g/mol.